The molecule has 0 amide bonds. The van der Waals surface area contributed by atoms with Gasteiger partial charge in [0, 0.05) is 18.4 Å². The zero-order valence-electron chi connectivity index (χ0n) is 9.90. The third-order valence-electron chi connectivity index (χ3n) is 2.60. The van der Waals surface area contributed by atoms with Crippen LogP contribution in [0.5, 0.6) is 0 Å². The van der Waals surface area contributed by atoms with E-state index in [-0.39, 0.29) is 23.6 Å². The molecule has 3 N–H and O–H groups in total. The van der Waals surface area contributed by atoms with Gasteiger partial charge in [-0.3, -0.25) is 4.99 Å². The summed E-state index contributed by atoms with van der Waals surface area (Å²) in [6.45, 7) is 6.27. The predicted molar refractivity (Wildman–Crippen MR) is 64.1 cm³/mol. The molecule has 3 nitrogen and oxygen atoms in total. The van der Waals surface area contributed by atoms with Crippen molar-refractivity contribution in [2.75, 3.05) is 6.61 Å². The Morgan fingerprint density at radius 3 is 2.60 bits per heavy atom. The van der Waals surface area contributed by atoms with Crippen molar-refractivity contribution in [1.29, 1.82) is 0 Å². The Balaban J connectivity index is 2.72. The Bertz CT molecular complexity index is 251. The summed E-state index contributed by atoms with van der Waals surface area (Å²) in [6, 6.07) is 0. The lowest BCUT2D eigenvalue weighted by Crippen LogP contribution is -2.42. The second-order valence-corrected chi connectivity index (χ2v) is 5.40. The van der Waals surface area contributed by atoms with Crippen molar-refractivity contribution in [3.05, 3.63) is 12.2 Å². The molecule has 3 heteroatoms. The number of hydrogen-bond acceptors (Lipinski definition) is 3. The first-order valence-electron chi connectivity index (χ1n) is 5.50. The third kappa shape index (κ3) is 3.76. The van der Waals surface area contributed by atoms with Crippen molar-refractivity contribution in [3.63, 3.8) is 0 Å². The van der Waals surface area contributed by atoms with Crippen molar-refractivity contribution in [3.8, 4) is 0 Å². The van der Waals surface area contributed by atoms with Crippen LogP contribution in [0.15, 0.2) is 17.1 Å². The number of allylic oxidation sites excluding steroid dienone is 1. The molecule has 0 aromatic rings. The predicted octanol–water partition coefficient (Wildman–Crippen LogP) is 1.51. The molecule has 0 radical (unpaired) electrons. The largest absolute Gasteiger partial charge is 0.396 e. The third-order valence-corrected chi connectivity index (χ3v) is 2.60. The molecular formula is C12H22N2O. The summed E-state index contributed by atoms with van der Waals surface area (Å²) in [5, 5.41) is 9.10. The van der Waals surface area contributed by atoms with Crippen LogP contribution in [0.2, 0.25) is 0 Å². The van der Waals surface area contributed by atoms with Gasteiger partial charge in [0.25, 0.3) is 0 Å². The molecule has 0 saturated carbocycles. The first-order valence-corrected chi connectivity index (χ1v) is 5.50. The Kier molecular flexibility index (Phi) is 3.68. The minimum atomic E-state index is -0.235. The van der Waals surface area contributed by atoms with Gasteiger partial charge in [-0.25, -0.2) is 0 Å². The lowest BCUT2D eigenvalue weighted by molar-refractivity contribution is 0.202. The molecule has 2 unspecified atom stereocenters. The molecule has 0 aromatic carbocycles. The minimum absolute atomic E-state index is 0.194. The smallest absolute Gasteiger partial charge is 0.0811 e. The van der Waals surface area contributed by atoms with Gasteiger partial charge in [0.05, 0.1) is 5.54 Å². The SMILES string of the molecule is CC(CO)CC1(CC(C)(C)N)C=CC=N1. The van der Waals surface area contributed by atoms with E-state index in [1.807, 2.05) is 33.1 Å². The number of rotatable bonds is 5. The highest BCUT2D eigenvalue weighted by Crippen LogP contribution is 2.33. The lowest BCUT2D eigenvalue weighted by Gasteiger charge is -2.33. The summed E-state index contributed by atoms with van der Waals surface area (Å²) in [5.41, 5.74) is 5.62. The van der Waals surface area contributed by atoms with Gasteiger partial charge in [-0.2, -0.15) is 0 Å². The zero-order valence-corrected chi connectivity index (χ0v) is 9.90. The highest BCUT2D eigenvalue weighted by atomic mass is 16.3. The average molecular weight is 210 g/mol. The van der Waals surface area contributed by atoms with Crippen LogP contribution in [-0.4, -0.2) is 29.0 Å². The summed E-state index contributed by atoms with van der Waals surface area (Å²) in [6.07, 6.45) is 7.58. The molecule has 15 heavy (non-hydrogen) atoms. The van der Waals surface area contributed by atoms with Gasteiger partial charge in [0.15, 0.2) is 0 Å². The second kappa shape index (κ2) is 4.45. The molecule has 0 aromatic heterocycles. The van der Waals surface area contributed by atoms with Gasteiger partial charge < -0.3 is 10.8 Å². The molecular weight excluding hydrogens is 188 g/mol. The van der Waals surface area contributed by atoms with Crippen LogP contribution < -0.4 is 5.73 Å². The maximum absolute atomic E-state index is 9.10. The van der Waals surface area contributed by atoms with E-state index in [0.29, 0.717) is 0 Å². The fourth-order valence-corrected chi connectivity index (χ4v) is 2.21. The molecule has 0 aliphatic carbocycles. The number of aliphatic imine (C=N–C) groups is 1. The monoisotopic (exact) mass is 210 g/mol. The van der Waals surface area contributed by atoms with E-state index < -0.39 is 0 Å². The standard InChI is InChI=1S/C12H22N2O/c1-10(8-15)7-12(5-4-6-14-12)9-11(2,3)13/h4-6,10,15H,7-9,13H2,1-3H3. The maximum atomic E-state index is 9.10. The van der Waals surface area contributed by atoms with E-state index in [1.54, 1.807) is 0 Å². The normalized spacial score (nSPS) is 27.3. The van der Waals surface area contributed by atoms with E-state index in [0.717, 1.165) is 12.8 Å². The summed E-state index contributed by atoms with van der Waals surface area (Å²) in [4.78, 5) is 4.51. The number of aliphatic hydroxyl groups is 1. The van der Waals surface area contributed by atoms with Gasteiger partial charge in [-0.05, 0) is 38.7 Å². The molecule has 0 bridgehead atoms. The van der Waals surface area contributed by atoms with E-state index >= 15 is 0 Å². The maximum Gasteiger partial charge on any atom is 0.0811 e. The van der Waals surface area contributed by atoms with Crippen LogP contribution in [0.3, 0.4) is 0 Å². The fourth-order valence-electron chi connectivity index (χ4n) is 2.21. The summed E-state index contributed by atoms with van der Waals surface area (Å²) >= 11 is 0. The Hall–Kier alpha value is -0.670. The Morgan fingerprint density at radius 2 is 2.20 bits per heavy atom. The number of nitrogens with two attached hydrogens (primary N) is 1. The van der Waals surface area contributed by atoms with E-state index in [4.69, 9.17) is 10.8 Å². The molecule has 2 atom stereocenters. The average Bonchev–Trinajstić information content (AvgIpc) is 2.49. The summed E-state index contributed by atoms with van der Waals surface area (Å²) in [5.74, 6) is 0.257. The van der Waals surface area contributed by atoms with Gasteiger partial charge in [0.2, 0.25) is 0 Å². The molecule has 0 spiro atoms. The van der Waals surface area contributed by atoms with Crippen LogP contribution in [-0.2, 0) is 0 Å². The van der Waals surface area contributed by atoms with E-state index in [9.17, 15) is 0 Å². The number of aliphatic hydroxyl groups excluding tert-OH is 1. The topological polar surface area (TPSA) is 58.6 Å². The van der Waals surface area contributed by atoms with Crippen LogP contribution in [0, 0.1) is 5.92 Å². The van der Waals surface area contributed by atoms with Crippen molar-refractivity contribution in [2.45, 2.75) is 44.7 Å². The lowest BCUT2D eigenvalue weighted by atomic mass is 9.80. The van der Waals surface area contributed by atoms with E-state index in [1.165, 1.54) is 0 Å². The van der Waals surface area contributed by atoms with Crippen molar-refractivity contribution < 1.29 is 5.11 Å². The minimum Gasteiger partial charge on any atom is -0.396 e. The van der Waals surface area contributed by atoms with Gasteiger partial charge in [0.1, 0.15) is 0 Å². The second-order valence-electron chi connectivity index (χ2n) is 5.40. The molecule has 1 aliphatic heterocycles. The van der Waals surface area contributed by atoms with Gasteiger partial charge in [-0.15, -0.1) is 0 Å². The van der Waals surface area contributed by atoms with E-state index in [2.05, 4.69) is 11.1 Å². The Labute approximate surface area is 92.1 Å². The van der Waals surface area contributed by atoms with Crippen molar-refractivity contribution in [2.24, 2.45) is 16.6 Å². The first-order chi connectivity index (χ1) is 6.87. The zero-order chi connectivity index (χ0) is 11.5. The Morgan fingerprint density at radius 1 is 1.53 bits per heavy atom. The first kappa shape index (κ1) is 12.4. The molecule has 86 valence electrons. The van der Waals surface area contributed by atoms with Crippen LogP contribution in [0.1, 0.15) is 33.6 Å². The number of nitrogens with zero attached hydrogens (tertiary/aromatic N) is 1. The highest BCUT2D eigenvalue weighted by molar-refractivity contribution is 5.75. The van der Waals surface area contributed by atoms with Gasteiger partial charge >= 0.3 is 0 Å². The molecule has 0 fully saturated rings. The molecule has 1 heterocycles. The van der Waals surface area contributed by atoms with Crippen LogP contribution >= 0.6 is 0 Å². The highest BCUT2D eigenvalue weighted by Gasteiger charge is 2.34. The van der Waals surface area contributed by atoms with Crippen molar-refractivity contribution >= 4 is 6.21 Å². The number of hydrogen-bond donors (Lipinski definition) is 2. The van der Waals surface area contributed by atoms with Crippen LogP contribution in [0.4, 0.5) is 0 Å². The quantitative estimate of drug-likeness (QED) is 0.722. The molecule has 0 saturated heterocycles. The van der Waals surface area contributed by atoms with Crippen LogP contribution in [0.25, 0.3) is 0 Å². The molecule has 1 aliphatic rings. The van der Waals surface area contributed by atoms with Crippen molar-refractivity contribution in [1.82, 2.24) is 0 Å². The van der Waals surface area contributed by atoms with Gasteiger partial charge in [-0.1, -0.05) is 13.0 Å². The molecule has 1 rings (SSSR count). The summed E-state index contributed by atoms with van der Waals surface area (Å²) < 4.78 is 0. The summed E-state index contributed by atoms with van der Waals surface area (Å²) in [7, 11) is 0. The fraction of sp³-hybridized carbons (Fsp3) is 0.750.